The first-order chi connectivity index (χ1) is 7.43. The molecule has 0 aromatic heterocycles. The number of halogens is 2. The summed E-state index contributed by atoms with van der Waals surface area (Å²) in [7, 11) is 3.30. The normalized spacial score (nSPS) is 12.1. The van der Waals surface area contributed by atoms with Gasteiger partial charge in [0.1, 0.15) is 6.04 Å². The first-order valence-electron chi connectivity index (χ1n) is 4.85. The van der Waals surface area contributed by atoms with Crippen molar-refractivity contribution in [3.63, 3.8) is 0 Å². The third-order valence-electron chi connectivity index (χ3n) is 2.13. The molecule has 5 heteroatoms. The van der Waals surface area contributed by atoms with Gasteiger partial charge < -0.3 is 10.2 Å². The van der Waals surface area contributed by atoms with Crippen LogP contribution in [-0.2, 0) is 4.79 Å². The maximum Gasteiger partial charge on any atom is 0.244 e. The number of hydrogen-bond acceptors (Lipinski definition) is 2. The maximum absolute atomic E-state index is 13.5. The van der Waals surface area contributed by atoms with E-state index >= 15 is 0 Å². The second-order valence-corrected chi connectivity index (χ2v) is 4.11. The van der Waals surface area contributed by atoms with Crippen molar-refractivity contribution in [2.45, 2.75) is 13.0 Å². The molecule has 0 bridgehead atoms. The summed E-state index contributed by atoms with van der Waals surface area (Å²) in [5.74, 6) is -0.665. The summed E-state index contributed by atoms with van der Waals surface area (Å²) >= 11 is 5.63. The Hall–Kier alpha value is -1.29. The summed E-state index contributed by atoms with van der Waals surface area (Å²) in [4.78, 5) is 13.0. The number of carbonyl (C=O) groups excluding carboxylic acids is 1. The maximum atomic E-state index is 13.5. The van der Waals surface area contributed by atoms with Crippen molar-refractivity contribution in [3.8, 4) is 0 Å². The molecule has 0 aliphatic rings. The van der Waals surface area contributed by atoms with Crippen molar-refractivity contribution in [3.05, 3.63) is 29.0 Å². The van der Waals surface area contributed by atoms with Crippen molar-refractivity contribution in [1.82, 2.24) is 4.90 Å². The van der Waals surface area contributed by atoms with Crippen molar-refractivity contribution >= 4 is 23.2 Å². The molecule has 0 aliphatic carbocycles. The molecule has 0 aliphatic heterocycles. The van der Waals surface area contributed by atoms with Crippen LogP contribution in [0.1, 0.15) is 6.92 Å². The van der Waals surface area contributed by atoms with Gasteiger partial charge in [0.05, 0.1) is 10.7 Å². The molecule has 88 valence electrons. The standard InChI is InChI=1S/C11H14ClFN2O/c1-7(11(16)15(2)3)14-9-6-4-5-8(12)10(9)13/h4-7,14H,1-3H3. The average Bonchev–Trinajstić information content (AvgIpc) is 2.23. The molecule has 1 aromatic carbocycles. The van der Waals surface area contributed by atoms with E-state index in [-0.39, 0.29) is 16.6 Å². The Morgan fingerprint density at radius 2 is 2.12 bits per heavy atom. The van der Waals surface area contributed by atoms with Crippen LogP contribution >= 0.6 is 11.6 Å². The van der Waals surface area contributed by atoms with E-state index in [4.69, 9.17) is 11.6 Å². The van der Waals surface area contributed by atoms with Gasteiger partial charge in [-0.05, 0) is 19.1 Å². The van der Waals surface area contributed by atoms with Gasteiger partial charge in [0.15, 0.2) is 5.82 Å². The van der Waals surface area contributed by atoms with E-state index < -0.39 is 11.9 Å². The van der Waals surface area contributed by atoms with Gasteiger partial charge in [0, 0.05) is 14.1 Å². The lowest BCUT2D eigenvalue weighted by Crippen LogP contribution is -2.36. The van der Waals surface area contributed by atoms with Gasteiger partial charge in [-0.3, -0.25) is 4.79 Å². The fourth-order valence-electron chi connectivity index (χ4n) is 1.30. The highest BCUT2D eigenvalue weighted by molar-refractivity contribution is 6.31. The van der Waals surface area contributed by atoms with Crippen LogP contribution in [0.3, 0.4) is 0 Å². The van der Waals surface area contributed by atoms with Crippen LogP contribution in [0.4, 0.5) is 10.1 Å². The molecule has 0 saturated heterocycles. The molecular weight excluding hydrogens is 231 g/mol. The van der Waals surface area contributed by atoms with Gasteiger partial charge in [0.2, 0.25) is 5.91 Å². The van der Waals surface area contributed by atoms with Crippen LogP contribution in [0, 0.1) is 5.82 Å². The smallest absolute Gasteiger partial charge is 0.244 e. The van der Waals surface area contributed by atoms with E-state index in [2.05, 4.69) is 5.32 Å². The summed E-state index contributed by atoms with van der Waals surface area (Å²) < 4.78 is 13.5. The third kappa shape index (κ3) is 2.85. The first-order valence-corrected chi connectivity index (χ1v) is 5.23. The van der Waals surface area contributed by atoms with Gasteiger partial charge in [-0.25, -0.2) is 4.39 Å². The molecule has 0 saturated carbocycles. The van der Waals surface area contributed by atoms with Crippen LogP contribution in [0.15, 0.2) is 18.2 Å². The lowest BCUT2D eigenvalue weighted by Gasteiger charge is -2.19. The number of anilines is 1. The minimum Gasteiger partial charge on any atom is -0.371 e. The first kappa shape index (κ1) is 12.8. The lowest BCUT2D eigenvalue weighted by molar-refractivity contribution is -0.129. The topological polar surface area (TPSA) is 32.3 Å². The fraction of sp³-hybridized carbons (Fsp3) is 0.364. The number of likely N-dealkylation sites (N-methyl/N-ethyl adjacent to an activating group) is 1. The highest BCUT2D eigenvalue weighted by Gasteiger charge is 2.16. The Bertz CT molecular complexity index is 396. The number of carbonyl (C=O) groups is 1. The van der Waals surface area contributed by atoms with Crippen LogP contribution in [0.2, 0.25) is 5.02 Å². The minimum atomic E-state index is -0.539. The van der Waals surface area contributed by atoms with E-state index in [1.54, 1.807) is 33.2 Å². The largest absolute Gasteiger partial charge is 0.371 e. The Kier molecular flexibility index (Phi) is 4.12. The van der Waals surface area contributed by atoms with Gasteiger partial charge in [-0.2, -0.15) is 0 Å². The summed E-state index contributed by atoms with van der Waals surface area (Å²) in [6, 6.07) is 4.13. The number of benzene rings is 1. The summed E-state index contributed by atoms with van der Waals surface area (Å²) in [5, 5.41) is 2.82. The van der Waals surface area contributed by atoms with Crippen molar-refractivity contribution < 1.29 is 9.18 Å². The van der Waals surface area contributed by atoms with Gasteiger partial charge >= 0.3 is 0 Å². The minimum absolute atomic E-state index is 0.0366. The predicted octanol–water partition coefficient (Wildman–Crippen LogP) is 2.37. The fourth-order valence-corrected chi connectivity index (χ4v) is 1.47. The Labute approximate surface area is 99.2 Å². The van der Waals surface area contributed by atoms with Gasteiger partial charge in [0.25, 0.3) is 0 Å². The molecule has 0 heterocycles. The molecule has 0 radical (unpaired) electrons. The van der Waals surface area contributed by atoms with Crippen molar-refractivity contribution in [2.24, 2.45) is 0 Å². The van der Waals surface area contributed by atoms with Crippen LogP contribution < -0.4 is 5.32 Å². The quantitative estimate of drug-likeness (QED) is 0.885. The lowest BCUT2D eigenvalue weighted by atomic mass is 10.2. The molecule has 1 aromatic rings. The zero-order chi connectivity index (χ0) is 12.3. The summed E-state index contributed by atoms with van der Waals surface area (Å²) in [6.45, 7) is 1.67. The van der Waals surface area contributed by atoms with Crippen LogP contribution in [-0.4, -0.2) is 30.9 Å². The van der Waals surface area contributed by atoms with E-state index in [0.717, 1.165) is 0 Å². The van der Waals surface area contributed by atoms with E-state index in [1.165, 1.54) is 11.0 Å². The number of nitrogens with zero attached hydrogens (tertiary/aromatic N) is 1. The van der Waals surface area contributed by atoms with Gasteiger partial charge in [-0.1, -0.05) is 17.7 Å². The molecule has 1 rings (SSSR count). The molecule has 1 unspecified atom stereocenters. The Balaban J connectivity index is 2.81. The second kappa shape index (κ2) is 5.16. The van der Waals surface area contributed by atoms with Crippen LogP contribution in [0.5, 0.6) is 0 Å². The van der Waals surface area contributed by atoms with E-state index in [1.807, 2.05) is 0 Å². The number of rotatable bonds is 3. The van der Waals surface area contributed by atoms with E-state index in [9.17, 15) is 9.18 Å². The Morgan fingerprint density at radius 1 is 1.50 bits per heavy atom. The van der Waals surface area contributed by atoms with Crippen molar-refractivity contribution in [2.75, 3.05) is 19.4 Å². The molecule has 0 spiro atoms. The zero-order valence-corrected chi connectivity index (χ0v) is 10.2. The average molecular weight is 245 g/mol. The predicted molar refractivity (Wildman–Crippen MR) is 63.2 cm³/mol. The monoisotopic (exact) mass is 244 g/mol. The van der Waals surface area contributed by atoms with Gasteiger partial charge in [-0.15, -0.1) is 0 Å². The summed E-state index contributed by atoms with van der Waals surface area (Å²) in [5.41, 5.74) is 0.232. The molecular formula is C11H14ClFN2O. The SMILES string of the molecule is CC(Nc1cccc(Cl)c1F)C(=O)N(C)C. The molecule has 1 N–H and O–H groups in total. The molecule has 16 heavy (non-hydrogen) atoms. The molecule has 1 amide bonds. The number of hydrogen-bond donors (Lipinski definition) is 1. The number of amides is 1. The molecule has 1 atom stereocenters. The van der Waals surface area contributed by atoms with Crippen molar-refractivity contribution in [1.29, 1.82) is 0 Å². The van der Waals surface area contributed by atoms with Crippen LogP contribution in [0.25, 0.3) is 0 Å². The summed E-state index contributed by atoms with van der Waals surface area (Å²) in [6.07, 6.45) is 0. The highest BCUT2D eigenvalue weighted by Crippen LogP contribution is 2.22. The second-order valence-electron chi connectivity index (χ2n) is 3.70. The highest BCUT2D eigenvalue weighted by atomic mass is 35.5. The zero-order valence-electron chi connectivity index (χ0n) is 9.42. The third-order valence-corrected chi connectivity index (χ3v) is 2.43. The van der Waals surface area contributed by atoms with E-state index in [0.29, 0.717) is 0 Å². The molecule has 3 nitrogen and oxygen atoms in total. The Morgan fingerprint density at radius 3 is 2.69 bits per heavy atom. The number of nitrogens with one attached hydrogen (secondary N) is 1. The molecule has 0 fully saturated rings.